The molecule has 0 saturated heterocycles. The molecule has 4 aromatic rings. The minimum Gasteiger partial charge on any atom is -0.451 e. The molecule has 0 unspecified atom stereocenters. The maximum absolute atomic E-state index is 13.2. The Hall–Kier alpha value is -3.49. The third kappa shape index (κ3) is 5.28. The zero-order valence-corrected chi connectivity index (χ0v) is 21.4. The van der Waals surface area contributed by atoms with Gasteiger partial charge < -0.3 is 9.73 Å². The van der Waals surface area contributed by atoms with Crippen LogP contribution in [0.3, 0.4) is 0 Å². The second-order valence-electron chi connectivity index (χ2n) is 8.79. The van der Waals surface area contributed by atoms with Crippen molar-refractivity contribution in [3.05, 3.63) is 71.4 Å². The molecule has 0 fully saturated rings. The first-order valence-electron chi connectivity index (χ1n) is 11.7. The molecule has 1 N–H and O–H groups in total. The van der Waals surface area contributed by atoms with Crippen molar-refractivity contribution < 1.29 is 14.0 Å². The van der Waals surface area contributed by atoms with Gasteiger partial charge in [0.1, 0.15) is 10.6 Å². The van der Waals surface area contributed by atoms with Gasteiger partial charge in [0.25, 0.3) is 5.91 Å². The monoisotopic (exact) mass is 490 g/mol. The van der Waals surface area contributed by atoms with Crippen LogP contribution in [0.4, 0.5) is 5.69 Å². The van der Waals surface area contributed by atoms with Gasteiger partial charge in [-0.2, -0.15) is 0 Å². The number of hydrazine groups is 1. The number of rotatable bonds is 8. The molecule has 0 aliphatic rings. The number of fused-ring (bicyclic) bond motifs is 1. The largest absolute Gasteiger partial charge is 0.451 e. The summed E-state index contributed by atoms with van der Waals surface area (Å²) in [4.78, 5) is 31.6. The number of benzene rings is 1. The Kier molecular flexibility index (Phi) is 7.33. The highest BCUT2D eigenvalue weighted by Crippen LogP contribution is 2.27. The van der Waals surface area contributed by atoms with E-state index in [0.29, 0.717) is 28.6 Å². The number of pyridine rings is 1. The van der Waals surface area contributed by atoms with E-state index >= 15 is 0 Å². The van der Waals surface area contributed by atoms with E-state index < -0.39 is 0 Å². The van der Waals surface area contributed by atoms with E-state index in [4.69, 9.17) is 4.42 Å². The predicted molar refractivity (Wildman–Crippen MR) is 141 cm³/mol. The quantitative estimate of drug-likeness (QED) is 0.293. The second-order valence-corrected chi connectivity index (χ2v) is 9.82. The van der Waals surface area contributed by atoms with Crippen molar-refractivity contribution in [1.29, 1.82) is 0 Å². The number of thiophene rings is 1. The fourth-order valence-electron chi connectivity index (χ4n) is 4.20. The fraction of sp³-hybridized carbons (Fsp3) is 0.296. The lowest BCUT2D eigenvalue weighted by atomic mass is 10.1. The summed E-state index contributed by atoms with van der Waals surface area (Å²) < 4.78 is 5.94. The fourth-order valence-corrected chi connectivity index (χ4v) is 5.09. The number of nitrogens with one attached hydrogen (secondary N) is 1. The van der Waals surface area contributed by atoms with E-state index in [1.165, 1.54) is 11.3 Å². The normalized spacial score (nSPS) is 11.5. The van der Waals surface area contributed by atoms with E-state index in [-0.39, 0.29) is 23.9 Å². The van der Waals surface area contributed by atoms with Gasteiger partial charge in [-0.15, -0.1) is 11.3 Å². The Morgan fingerprint density at radius 3 is 2.37 bits per heavy atom. The molecular weight excluding hydrogens is 460 g/mol. The number of hydrogen-bond donors (Lipinski definition) is 1. The van der Waals surface area contributed by atoms with Gasteiger partial charge in [0.15, 0.2) is 5.76 Å². The van der Waals surface area contributed by atoms with Crippen LogP contribution in [0.5, 0.6) is 0 Å². The number of anilines is 1. The Morgan fingerprint density at radius 1 is 1.03 bits per heavy atom. The number of amides is 2. The minimum absolute atomic E-state index is 0.164. The van der Waals surface area contributed by atoms with Gasteiger partial charge in [-0.25, -0.2) is 9.99 Å². The van der Waals surface area contributed by atoms with Crippen molar-refractivity contribution >= 4 is 39.1 Å². The summed E-state index contributed by atoms with van der Waals surface area (Å²) in [5, 5.41) is 7.68. The molecule has 3 heterocycles. The lowest BCUT2D eigenvalue weighted by molar-refractivity contribution is -0.0500. The third-order valence-electron chi connectivity index (χ3n) is 5.63. The third-order valence-corrected chi connectivity index (χ3v) is 6.69. The van der Waals surface area contributed by atoms with Gasteiger partial charge in [0.05, 0.1) is 4.88 Å². The number of furan rings is 1. The molecule has 0 saturated carbocycles. The number of aromatic nitrogens is 1. The minimum atomic E-state index is -0.175. The first-order valence-corrected chi connectivity index (χ1v) is 12.6. The molecule has 2 amide bonds. The summed E-state index contributed by atoms with van der Waals surface area (Å²) >= 11 is 1.36. The smallest absolute Gasteiger partial charge is 0.303 e. The van der Waals surface area contributed by atoms with E-state index in [2.05, 4.69) is 43.0 Å². The van der Waals surface area contributed by atoms with Crippen LogP contribution in [0, 0.1) is 0 Å². The standard InChI is InChI=1S/C27H30N4O3S/c1-6-30(31(17(2)3)18(4)5)27(33)23-14-13-22(34-23)19-9-11-21(12-10-19)29-25(32)24-16-20-8-7-15-28-26(20)35-24/h7-18H,6H2,1-5H3,(H,29,32). The molecule has 7 nitrogen and oxygen atoms in total. The number of hydrogen-bond acceptors (Lipinski definition) is 6. The molecule has 0 aliphatic heterocycles. The Labute approximate surface area is 209 Å². The van der Waals surface area contributed by atoms with Crippen LogP contribution in [0.1, 0.15) is 54.8 Å². The van der Waals surface area contributed by atoms with Gasteiger partial charge >= 0.3 is 5.91 Å². The molecule has 0 radical (unpaired) electrons. The van der Waals surface area contributed by atoms with Crippen molar-refractivity contribution in [2.45, 2.75) is 46.7 Å². The van der Waals surface area contributed by atoms with Crippen molar-refractivity contribution in [3.63, 3.8) is 0 Å². The summed E-state index contributed by atoms with van der Waals surface area (Å²) in [6.07, 6.45) is 1.72. The first-order chi connectivity index (χ1) is 16.8. The predicted octanol–water partition coefficient (Wildman–Crippen LogP) is 6.30. The van der Waals surface area contributed by atoms with Crippen molar-refractivity contribution in [3.8, 4) is 11.3 Å². The van der Waals surface area contributed by atoms with Gasteiger partial charge in [-0.1, -0.05) is 6.07 Å². The van der Waals surface area contributed by atoms with Crippen LogP contribution < -0.4 is 5.32 Å². The molecule has 182 valence electrons. The van der Waals surface area contributed by atoms with Crippen LogP contribution >= 0.6 is 11.3 Å². The second kappa shape index (κ2) is 10.4. The molecule has 0 spiro atoms. The molecule has 4 rings (SSSR count). The SMILES string of the molecule is CCN(C(=O)c1ccc(-c2ccc(NC(=O)c3cc4cccnc4s3)cc2)o1)N(C(C)C)C(C)C. The molecule has 8 heteroatoms. The van der Waals surface area contributed by atoms with Crippen molar-refractivity contribution in [2.24, 2.45) is 0 Å². The summed E-state index contributed by atoms with van der Waals surface area (Å²) in [6.45, 7) is 10.8. The summed E-state index contributed by atoms with van der Waals surface area (Å²) in [7, 11) is 0. The van der Waals surface area contributed by atoms with Crippen LogP contribution in [0.2, 0.25) is 0 Å². The summed E-state index contributed by atoms with van der Waals surface area (Å²) in [5.41, 5.74) is 1.49. The lowest BCUT2D eigenvalue weighted by Crippen LogP contribution is -2.53. The Bertz CT molecular complexity index is 1280. The van der Waals surface area contributed by atoms with Gasteiger partial charge in [-0.05, 0) is 83.1 Å². The highest BCUT2D eigenvalue weighted by atomic mass is 32.1. The zero-order chi connectivity index (χ0) is 25.1. The van der Waals surface area contributed by atoms with E-state index in [1.54, 1.807) is 23.3 Å². The van der Waals surface area contributed by atoms with Gasteiger partial charge in [0.2, 0.25) is 0 Å². The lowest BCUT2D eigenvalue weighted by Gasteiger charge is -2.39. The average Bonchev–Trinajstić information content (AvgIpc) is 3.49. The first kappa shape index (κ1) is 24.6. The highest BCUT2D eigenvalue weighted by Gasteiger charge is 2.27. The van der Waals surface area contributed by atoms with Gasteiger partial charge in [-0.3, -0.25) is 14.6 Å². The van der Waals surface area contributed by atoms with E-state index in [0.717, 1.165) is 15.8 Å². The molecule has 1 aromatic carbocycles. The zero-order valence-electron chi connectivity index (χ0n) is 20.6. The Balaban J connectivity index is 1.46. The summed E-state index contributed by atoms with van der Waals surface area (Å²) in [6, 6.07) is 16.9. The molecule has 0 bridgehead atoms. The highest BCUT2D eigenvalue weighted by molar-refractivity contribution is 7.20. The Morgan fingerprint density at radius 2 is 1.74 bits per heavy atom. The van der Waals surface area contributed by atoms with E-state index in [1.807, 2.05) is 49.4 Å². The molecule has 0 atom stereocenters. The molecular formula is C27H30N4O3S. The van der Waals surface area contributed by atoms with Crippen LogP contribution in [-0.4, -0.2) is 45.4 Å². The van der Waals surface area contributed by atoms with Crippen LogP contribution in [-0.2, 0) is 0 Å². The summed E-state index contributed by atoms with van der Waals surface area (Å²) in [5.74, 6) is 0.552. The average molecular weight is 491 g/mol. The van der Waals surface area contributed by atoms with Crippen LogP contribution in [0.15, 0.2) is 65.2 Å². The van der Waals surface area contributed by atoms with Gasteiger partial charge in [0, 0.05) is 41.5 Å². The van der Waals surface area contributed by atoms with Crippen LogP contribution in [0.25, 0.3) is 21.5 Å². The van der Waals surface area contributed by atoms with Crippen molar-refractivity contribution in [1.82, 2.24) is 15.0 Å². The number of nitrogens with zero attached hydrogens (tertiary/aromatic N) is 3. The molecule has 3 aromatic heterocycles. The number of carbonyl (C=O) groups is 2. The number of carbonyl (C=O) groups excluding carboxylic acids is 2. The van der Waals surface area contributed by atoms with Crippen molar-refractivity contribution in [2.75, 3.05) is 11.9 Å². The molecule has 0 aliphatic carbocycles. The topological polar surface area (TPSA) is 78.7 Å². The van der Waals surface area contributed by atoms with E-state index in [9.17, 15) is 9.59 Å². The maximum Gasteiger partial charge on any atom is 0.303 e. The maximum atomic E-state index is 13.2. The molecule has 35 heavy (non-hydrogen) atoms.